The maximum Gasteiger partial charge on any atom is 0.271 e. The maximum atomic E-state index is 12.5. The second-order valence-corrected chi connectivity index (χ2v) is 6.70. The van der Waals surface area contributed by atoms with Crippen LogP contribution >= 0.6 is 0 Å². The standard InChI is InChI=1S/C20H22N4O/c1-15-6-5-9-19-22-18(14-24(15)19)20(25)21-17-10-11-23(13-17)12-16-7-3-2-4-8-16/h2-9,14,17H,10-13H2,1H3,(H,21,25)/t17-/m0/s1. The molecule has 1 atom stereocenters. The summed E-state index contributed by atoms with van der Waals surface area (Å²) in [7, 11) is 0. The molecule has 1 N–H and O–H groups in total. The molecule has 5 heteroatoms. The summed E-state index contributed by atoms with van der Waals surface area (Å²) in [4.78, 5) is 19.4. The third-order valence-corrected chi connectivity index (χ3v) is 4.79. The van der Waals surface area contributed by atoms with Crippen LogP contribution in [0.25, 0.3) is 5.65 Å². The first-order valence-electron chi connectivity index (χ1n) is 8.71. The number of hydrogen-bond acceptors (Lipinski definition) is 3. The Morgan fingerprint density at radius 1 is 1.20 bits per heavy atom. The summed E-state index contributed by atoms with van der Waals surface area (Å²) in [6.45, 7) is 4.83. The normalized spacial score (nSPS) is 17.9. The molecule has 3 aromatic rings. The van der Waals surface area contributed by atoms with E-state index in [0.29, 0.717) is 5.69 Å². The Hall–Kier alpha value is -2.66. The number of hydrogen-bond donors (Lipinski definition) is 1. The van der Waals surface area contributed by atoms with Crippen molar-refractivity contribution in [1.29, 1.82) is 0 Å². The van der Waals surface area contributed by atoms with Gasteiger partial charge in [-0.25, -0.2) is 4.98 Å². The molecule has 5 nitrogen and oxygen atoms in total. The lowest BCUT2D eigenvalue weighted by Crippen LogP contribution is -2.37. The molecule has 3 heterocycles. The van der Waals surface area contributed by atoms with E-state index in [1.54, 1.807) is 0 Å². The predicted molar refractivity (Wildman–Crippen MR) is 97.5 cm³/mol. The monoisotopic (exact) mass is 334 g/mol. The third-order valence-electron chi connectivity index (χ3n) is 4.79. The first-order chi connectivity index (χ1) is 12.2. The molecule has 128 valence electrons. The van der Waals surface area contributed by atoms with E-state index in [1.807, 2.05) is 41.8 Å². The number of rotatable bonds is 4. The van der Waals surface area contributed by atoms with Crippen LogP contribution in [0.4, 0.5) is 0 Å². The average molecular weight is 334 g/mol. The summed E-state index contributed by atoms with van der Waals surface area (Å²) >= 11 is 0. The molecule has 0 unspecified atom stereocenters. The van der Waals surface area contributed by atoms with E-state index in [4.69, 9.17) is 0 Å². The molecule has 0 spiro atoms. The Labute approximate surface area is 147 Å². The fourth-order valence-electron chi connectivity index (χ4n) is 3.45. The molecule has 1 amide bonds. The number of nitrogens with one attached hydrogen (secondary N) is 1. The average Bonchev–Trinajstić information content (AvgIpc) is 3.23. The van der Waals surface area contributed by atoms with Crippen LogP contribution in [0.15, 0.2) is 54.7 Å². The van der Waals surface area contributed by atoms with Gasteiger partial charge in [-0.1, -0.05) is 36.4 Å². The van der Waals surface area contributed by atoms with E-state index in [9.17, 15) is 4.79 Å². The number of nitrogens with zero attached hydrogens (tertiary/aromatic N) is 3. The minimum absolute atomic E-state index is 0.0883. The van der Waals surface area contributed by atoms with Crippen molar-refractivity contribution in [3.8, 4) is 0 Å². The van der Waals surface area contributed by atoms with Crippen molar-refractivity contribution in [2.45, 2.75) is 25.9 Å². The van der Waals surface area contributed by atoms with Crippen LogP contribution in [0.5, 0.6) is 0 Å². The highest BCUT2D eigenvalue weighted by atomic mass is 16.2. The van der Waals surface area contributed by atoms with Gasteiger partial charge in [-0.05, 0) is 31.0 Å². The van der Waals surface area contributed by atoms with Gasteiger partial charge >= 0.3 is 0 Å². The van der Waals surface area contributed by atoms with Crippen LogP contribution in [-0.4, -0.2) is 39.3 Å². The number of amides is 1. The molecule has 25 heavy (non-hydrogen) atoms. The molecule has 1 fully saturated rings. The minimum Gasteiger partial charge on any atom is -0.347 e. The number of pyridine rings is 1. The number of imidazole rings is 1. The van der Waals surface area contributed by atoms with Gasteiger partial charge in [0.2, 0.25) is 0 Å². The second kappa shape index (κ2) is 6.69. The van der Waals surface area contributed by atoms with Crippen molar-refractivity contribution in [2.75, 3.05) is 13.1 Å². The van der Waals surface area contributed by atoms with E-state index in [2.05, 4.69) is 39.5 Å². The van der Waals surface area contributed by atoms with Crippen molar-refractivity contribution in [1.82, 2.24) is 19.6 Å². The van der Waals surface area contributed by atoms with Crippen molar-refractivity contribution < 1.29 is 4.79 Å². The van der Waals surface area contributed by atoms with Gasteiger partial charge in [-0.15, -0.1) is 0 Å². The molecule has 0 aliphatic carbocycles. The number of aromatic nitrogens is 2. The van der Waals surface area contributed by atoms with Crippen LogP contribution in [0, 0.1) is 6.92 Å². The zero-order valence-corrected chi connectivity index (χ0v) is 14.4. The number of aryl methyl sites for hydroxylation is 1. The lowest BCUT2D eigenvalue weighted by molar-refractivity contribution is 0.0933. The lowest BCUT2D eigenvalue weighted by atomic mass is 10.2. The summed E-state index contributed by atoms with van der Waals surface area (Å²) in [6, 6.07) is 16.5. The first-order valence-corrected chi connectivity index (χ1v) is 8.71. The van der Waals surface area contributed by atoms with Crippen LogP contribution < -0.4 is 5.32 Å². The molecule has 0 radical (unpaired) electrons. The minimum atomic E-state index is -0.0883. The Morgan fingerprint density at radius 3 is 2.84 bits per heavy atom. The number of likely N-dealkylation sites (tertiary alicyclic amines) is 1. The Morgan fingerprint density at radius 2 is 2.04 bits per heavy atom. The van der Waals surface area contributed by atoms with E-state index >= 15 is 0 Å². The lowest BCUT2D eigenvalue weighted by Gasteiger charge is -2.16. The Kier molecular flexibility index (Phi) is 4.24. The summed E-state index contributed by atoms with van der Waals surface area (Å²) in [5.74, 6) is -0.0883. The second-order valence-electron chi connectivity index (χ2n) is 6.70. The molecule has 2 aromatic heterocycles. The highest BCUT2D eigenvalue weighted by Crippen LogP contribution is 2.14. The number of carbonyl (C=O) groups is 1. The van der Waals surface area contributed by atoms with Gasteiger partial charge in [0.1, 0.15) is 11.3 Å². The first kappa shape index (κ1) is 15.8. The fraction of sp³-hybridized carbons (Fsp3) is 0.300. The van der Waals surface area contributed by atoms with Crippen LogP contribution in [0.2, 0.25) is 0 Å². The van der Waals surface area contributed by atoms with Gasteiger partial charge in [-0.3, -0.25) is 9.69 Å². The molecule has 1 aliphatic heterocycles. The molecule has 4 rings (SSSR count). The molecule has 1 aromatic carbocycles. The van der Waals surface area contributed by atoms with Crippen LogP contribution in [0.1, 0.15) is 28.2 Å². The maximum absolute atomic E-state index is 12.5. The zero-order chi connectivity index (χ0) is 17.2. The van der Waals surface area contributed by atoms with E-state index in [1.165, 1.54) is 5.56 Å². The number of fused-ring (bicyclic) bond motifs is 1. The van der Waals surface area contributed by atoms with Crippen LogP contribution in [0.3, 0.4) is 0 Å². The summed E-state index contributed by atoms with van der Waals surface area (Å²) < 4.78 is 1.95. The largest absolute Gasteiger partial charge is 0.347 e. The Balaban J connectivity index is 1.38. The van der Waals surface area contributed by atoms with Gasteiger partial charge < -0.3 is 9.72 Å². The molecular weight excluding hydrogens is 312 g/mol. The van der Waals surface area contributed by atoms with E-state index in [-0.39, 0.29) is 11.9 Å². The number of benzene rings is 1. The van der Waals surface area contributed by atoms with Crippen molar-refractivity contribution in [2.24, 2.45) is 0 Å². The number of carbonyl (C=O) groups excluding carboxylic acids is 1. The summed E-state index contributed by atoms with van der Waals surface area (Å²) in [6.07, 6.45) is 2.79. The van der Waals surface area contributed by atoms with Gasteiger partial charge in [-0.2, -0.15) is 0 Å². The SMILES string of the molecule is Cc1cccc2nc(C(=O)N[C@H]3CCN(Cc4ccccc4)C3)cn12. The van der Waals surface area contributed by atoms with Crippen molar-refractivity contribution >= 4 is 11.6 Å². The predicted octanol–water partition coefficient (Wildman–Crippen LogP) is 2.65. The molecule has 1 aliphatic rings. The molecule has 0 bridgehead atoms. The zero-order valence-electron chi connectivity index (χ0n) is 14.4. The van der Waals surface area contributed by atoms with E-state index in [0.717, 1.165) is 37.4 Å². The van der Waals surface area contributed by atoms with Crippen molar-refractivity contribution in [3.05, 3.63) is 71.7 Å². The van der Waals surface area contributed by atoms with E-state index < -0.39 is 0 Å². The van der Waals surface area contributed by atoms with Gasteiger partial charge in [0.25, 0.3) is 5.91 Å². The highest BCUT2D eigenvalue weighted by Gasteiger charge is 2.25. The quantitative estimate of drug-likeness (QED) is 0.798. The molecule has 1 saturated heterocycles. The third kappa shape index (κ3) is 3.42. The van der Waals surface area contributed by atoms with Crippen molar-refractivity contribution in [3.63, 3.8) is 0 Å². The van der Waals surface area contributed by atoms with Gasteiger partial charge in [0.15, 0.2) is 0 Å². The summed E-state index contributed by atoms with van der Waals surface area (Å²) in [5.41, 5.74) is 3.67. The summed E-state index contributed by atoms with van der Waals surface area (Å²) in [5, 5.41) is 3.13. The highest BCUT2D eigenvalue weighted by molar-refractivity contribution is 5.93. The van der Waals surface area contributed by atoms with Gasteiger partial charge in [0, 0.05) is 37.6 Å². The van der Waals surface area contributed by atoms with Crippen LogP contribution in [-0.2, 0) is 6.54 Å². The Bertz CT molecular complexity index is 887. The fourth-order valence-corrected chi connectivity index (χ4v) is 3.45. The molecular formula is C20H22N4O. The van der Waals surface area contributed by atoms with Gasteiger partial charge in [0.05, 0.1) is 0 Å². The smallest absolute Gasteiger partial charge is 0.271 e. The molecule has 0 saturated carbocycles. The topological polar surface area (TPSA) is 49.6 Å².